The zero-order valence-corrected chi connectivity index (χ0v) is 10.9. The van der Waals surface area contributed by atoms with Gasteiger partial charge in [-0.2, -0.15) is 0 Å². The molecule has 2 rings (SSSR count). The Hall–Kier alpha value is -1.02. The van der Waals surface area contributed by atoms with Crippen LogP contribution in [0, 0.1) is 5.92 Å². The Morgan fingerprint density at radius 2 is 2.00 bits per heavy atom. The molecule has 0 amide bonds. The molecule has 0 saturated heterocycles. The number of ether oxygens (including phenoxy) is 1. The van der Waals surface area contributed by atoms with Crippen LogP contribution in [0.25, 0.3) is 0 Å². The van der Waals surface area contributed by atoms with Crippen molar-refractivity contribution in [1.29, 1.82) is 0 Å². The second kappa shape index (κ2) is 6.06. The van der Waals surface area contributed by atoms with E-state index in [0.29, 0.717) is 6.04 Å². The van der Waals surface area contributed by atoms with Gasteiger partial charge in [0.05, 0.1) is 6.61 Å². The summed E-state index contributed by atoms with van der Waals surface area (Å²) in [6.07, 6.45) is 5.10. The number of hydrogen-bond donors (Lipinski definition) is 1. The molecule has 1 saturated carbocycles. The highest BCUT2D eigenvalue weighted by atomic mass is 16.5. The molecule has 1 aliphatic carbocycles. The van der Waals surface area contributed by atoms with Gasteiger partial charge in [0.25, 0.3) is 0 Å². The first-order valence-electron chi connectivity index (χ1n) is 6.67. The summed E-state index contributed by atoms with van der Waals surface area (Å²) in [6.45, 7) is 3.07. The molecule has 0 aromatic heterocycles. The fourth-order valence-corrected chi connectivity index (χ4v) is 1.93. The largest absolute Gasteiger partial charge is 0.494 e. The van der Waals surface area contributed by atoms with Gasteiger partial charge in [0.15, 0.2) is 0 Å². The summed E-state index contributed by atoms with van der Waals surface area (Å²) in [5.74, 6) is 1.96. The minimum absolute atomic E-state index is 0.525. The zero-order valence-electron chi connectivity index (χ0n) is 10.9. The summed E-state index contributed by atoms with van der Waals surface area (Å²) in [4.78, 5) is 0. The van der Waals surface area contributed by atoms with Crippen molar-refractivity contribution in [2.24, 2.45) is 5.92 Å². The maximum Gasteiger partial charge on any atom is 0.119 e. The van der Waals surface area contributed by atoms with Gasteiger partial charge in [-0.05, 0) is 50.4 Å². The fraction of sp³-hybridized carbons (Fsp3) is 0.600. The van der Waals surface area contributed by atoms with Crippen LogP contribution in [0.1, 0.15) is 31.7 Å². The van der Waals surface area contributed by atoms with Gasteiger partial charge in [-0.3, -0.25) is 0 Å². The third-order valence-electron chi connectivity index (χ3n) is 3.45. The highest BCUT2D eigenvalue weighted by Crippen LogP contribution is 2.32. The molecular formula is C15H23NO. The van der Waals surface area contributed by atoms with E-state index in [2.05, 4.69) is 36.5 Å². The Morgan fingerprint density at radius 3 is 2.59 bits per heavy atom. The van der Waals surface area contributed by atoms with E-state index in [1.54, 1.807) is 0 Å². The molecular weight excluding hydrogens is 210 g/mol. The topological polar surface area (TPSA) is 21.3 Å². The van der Waals surface area contributed by atoms with E-state index in [1.807, 2.05) is 7.05 Å². The highest BCUT2D eigenvalue weighted by molar-refractivity contribution is 5.27. The molecule has 0 bridgehead atoms. The Balaban J connectivity index is 1.75. The summed E-state index contributed by atoms with van der Waals surface area (Å²) >= 11 is 0. The summed E-state index contributed by atoms with van der Waals surface area (Å²) in [7, 11) is 2.00. The van der Waals surface area contributed by atoms with Gasteiger partial charge in [0.2, 0.25) is 0 Å². The Kier molecular flexibility index (Phi) is 4.43. The van der Waals surface area contributed by atoms with Crippen LogP contribution in [0.5, 0.6) is 5.75 Å². The number of hydrogen-bond acceptors (Lipinski definition) is 2. The average molecular weight is 233 g/mol. The highest BCUT2D eigenvalue weighted by Gasteiger charge is 2.20. The predicted octanol–water partition coefficient (Wildman–Crippen LogP) is 3.02. The number of rotatable bonds is 7. The molecule has 2 heteroatoms. The molecule has 1 aromatic rings. The van der Waals surface area contributed by atoms with Crippen molar-refractivity contribution in [3.63, 3.8) is 0 Å². The summed E-state index contributed by atoms with van der Waals surface area (Å²) in [5.41, 5.74) is 1.36. The first kappa shape index (κ1) is 12.4. The minimum Gasteiger partial charge on any atom is -0.494 e. The molecule has 0 aliphatic heterocycles. The molecule has 1 atom stereocenters. The van der Waals surface area contributed by atoms with E-state index >= 15 is 0 Å². The van der Waals surface area contributed by atoms with Crippen LogP contribution in [0.15, 0.2) is 24.3 Å². The lowest BCUT2D eigenvalue weighted by atomic mass is 10.1. The van der Waals surface area contributed by atoms with E-state index in [9.17, 15) is 0 Å². The average Bonchev–Trinajstić information content (AvgIpc) is 3.15. The molecule has 1 N–H and O–H groups in total. The molecule has 1 aliphatic rings. The van der Waals surface area contributed by atoms with Gasteiger partial charge in [-0.25, -0.2) is 0 Å². The molecule has 1 unspecified atom stereocenters. The van der Waals surface area contributed by atoms with Crippen LogP contribution in [-0.2, 0) is 6.42 Å². The van der Waals surface area contributed by atoms with Gasteiger partial charge in [0.1, 0.15) is 5.75 Å². The van der Waals surface area contributed by atoms with Crippen molar-refractivity contribution in [2.75, 3.05) is 13.7 Å². The molecule has 1 fully saturated rings. The molecule has 17 heavy (non-hydrogen) atoms. The van der Waals surface area contributed by atoms with Crippen LogP contribution in [-0.4, -0.2) is 19.7 Å². The van der Waals surface area contributed by atoms with Gasteiger partial charge in [-0.1, -0.05) is 25.0 Å². The second-order valence-corrected chi connectivity index (χ2v) is 5.12. The zero-order chi connectivity index (χ0) is 12.1. The van der Waals surface area contributed by atoms with Gasteiger partial charge in [-0.15, -0.1) is 0 Å². The van der Waals surface area contributed by atoms with Gasteiger partial charge < -0.3 is 10.1 Å². The third kappa shape index (κ3) is 4.39. The van der Waals surface area contributed by atoms with E-state index in [1.165, 1.54) is 24.8 Å². The third-order valence-corrected chi connectivity index (χ3v) is 3.45. The lowest BCUT2D eigenvalue weighted by molar-refractivity contribution is 0.302. The van der Waals surface area contributed by atoms with Crippen LogP contribution in [0.2, 0.25) is 0 Å². The van der Waals surface area contributed by atoms with Gasteiger partial charge in [0, 0.05) is 6.04 Å². The lowest BCUT2D eigenvalue weighted by Gasteiger charge is -2.11. The maximum atomic E-state index is 5.73. The van der Waals surface area contributed by atoms with Crippen LogP contribution in [0.4, 0.5) is 0 Å². The van der Waals surface area contributed by atoms with E-state index < -0.39 is 0 Å². The summed E-state index contributed by atoms with van der Waals surface area (Å²) in [6, 6.07) is 9.03. The van der Waals surface area contributed by atoms with Crippen molar-refractivity contribution < 1.29 is 4.74 Å². The number of likely N-dealkylation sites (N-methyl/N-ethyl adjacent to an activating group) is 1. The lowest BCUT2D eigenvalue weighted by Crippen LogP contribution is -2.23. The second-order valence-electron chi connectivity index (χ2n) is 5.12. The van der Waals surface area contributed by atoms with Crippen LogP contribution >= 0.6 is 0 Å². The molecule has 0 spiro atoms. The first-order chi connectivity index (χ1) is 8.28. The minimum atomic E-state index is 0.525. The predicted molar refractivity (Wildman–Crippen MR) is 71.5 cm³/mol. The Labute approximate surface area is 104 Å². The smallest absolute Gasteiger partial charge is 0.119 e. The maximum absolute atomic E-state index is 5.73. The van der Waals surface area contributed by atoms with Crippen molar-refractivity contribution in [3.05, 3.63) is 29.8 Å². The standard InChI is InChI=1S/C15H23NO/c1-12(16-2)11-14-5-7-15(8-6-14)17-10-9-13-3-4-13/h5-8,12-13,16H,3-4,9-11H2,1-2H3. The molecule has 0 radical (unpaired) electrons. The molecule has 1 aromatic carbocycles. The van der Waals surface area contributed by atoms with E-state index in [-0.39, 0.29) is 0 Å². The monoisotopic (exact) mass is 233 g/mol. The first-order valence-corrected chi connectivity index (χ1v) is 6.67. The Morgan fingerprint density at radius 1 is 1.29 bits per heavy atom. The Bertz CT molecular complexity index is 329. The van der Waals surface area contributed by atoms with Crippen molar-refractivity contribution >= 4 is 0 Å². The molecule has 2 nitrogen and oxygen atoms in total. The summed E-state index contributed by atoms with van der Waals surface area (Å²) in [5, 5.41) is 3.25. The van der Waals surface area contributed by atoms with Gasteiger partial charge >= 0.3 is 0 Å². The summed E-state index contributed by atoms with van der Waals surface area (Å²) < 4.78 is 5.73. The normalized spacial score (nSPS) is 16.8. The van der Waals surface area contributed by atoms with Crippen molar-refractivity contribution in [3.8, 4) is 5.75 Å². The fourth-order valence-electron chi connectivity index (χ4n) is 1.93. The van der Waals surface area contributed by atoms with Crippen LogP contribution < -0.4 is 10.1 Å². The van der Waals surface area contributed by atoms with E-state index in [0.717, 1.165) is 24.7 Å². The van der Waals surface area contributed by atoms with Crippen molar-refractivity contribution in [1.82, 2.24) is 5.32 Å². The van der Waals surface area contributed by atoms with Crippen LogP contribution in [0.3, 0.4) is 0 Å². The number of benzene rings is 1. The number of nitrogens with one attached hydrogen (secondary N) is 1. The van der Waals surface area contributed by atoms with E-state index in [4.69, 9.17) is 4.74 Å². The molecule has 0 heterocycles. The quantitative estimate of drug-likeness (QED) is 0.781. The SMILES string of the molecule is CNC(C)Cc1ccc(OCCC2CC2)cc1. The molecule has 94 valence electrons. The van der Waals surface area contributed by atoms with Crippen molar-refractivity contribution in [2.45, 2.75) is 38.6 Å².